The Morgan fingerprint density at radius 1 is 0.956 bits per heavy atom. The van der Waals surface area contributed by atoms with Gasteiger partial charge in [-0.15, -0.1) is 0 Å². The smallest absolute Gasteiger partial charge is 0.416 e. The molecule has 0 spiro atoms. The van der Waals surface area contributed by atoms with E-state index in [9.17, 15) is 56.4 Å². The minimum atomic E-state index is -5.21. The normalized spacial score (nSPS) is 21.9. The minimum Gasteiger partial charge on any atom is -0.507 e. The van der Waals surface area contributed by atoms with Crippen LogP contribution < -0.4 is 4.90 Å². The molecule has 1 fully saturated rings. The molecule has 244 valence electrons. The maximum absolute atomic E-state index is 13.6. The molecule has 1 aliphatic carbocycles. The Morgan fingerprint density at radius 3 is 2.00 bits per heavy atom. The van der Waals surface area contributed by atoms with Crippen LogP contribution in [0.15, 0.2) is 47.1 Å². The number of aryl methyl sites for hydroxylation is 2. The highest BCUT2D eigenvalue weighted by atomic mass is 19.4. The first-order valence-electron chi connectivity index (χ1n) is 14.1. The van der Waals surface area contributed by atoms with Crippen molar-refractivity contribution in [2.24, 2.45) is 17.8 Å². The number of aromatic hydroxyl groups is 1. The van der Waals surface area contributed by atoms with E-state index >= 15 is 0 Å². The second kappa shape index (κ2) is 12.6. The Morgan fingerprint density at radius 2 is 1.51 bits per heavy atom. The lowest BCUT2D eigenvalue weighted by atomic mass is 9.68. The molecule has 0 unspecified atom stereocenters. The van der Waals surface area contributed by atoms with Crippen molar-refractivity contribution >= 4 is 23.6 Å². The van der Waals surface area contributed by atoms with Crippen LogP contribution in [0, 0.1) is 31.6 Å². The summed E-state index contributed by atoms with van der Waals surface area (Å²) in [7, 11) is 0. The number of rotatable bonds is 8. The molecule has 2 amide bonds. The van der Waals surface area contributed by atoms with Crippen LogP contribution in [-0.4, -0.2) is 51.6 Å². The van der Waals surface area contributed by atoms with E-state index in [1.165, 1.54) is 0 Å². The van der Waals surface area contributed by atoms with Crippen molar-refractivity contribution in [1.29, 1.82) is 0 Å². The minimum absolute atomic E-state index is 0.0829. The van der Waals surface area contributed by atoms with E-state index in [0.717, 1.165) is 11.1 Å². The number of carbonyl (C=O) groups is 2. The highest BCUT2D eigenvalue weighted by molar-refractivity contribution is 6.22. The van der Waals surface area contributed by atoms with Gasteiger partial charge in [-0.1, -0.05) is 11.6 Å². The van der Waals surface area contributed by atoms with Crippen LogP contribution in [0.5, 0.6) is 5.75 Å². The lowest BCUT2D eigenvalue weighted by Crippen LogP contribution is -2.39. The Labute approximate surface area is 255 Å². The molecule has 4 atom stereocenters. The zero-order valence-corrected chi connectivity index (χ0v) is 24.6. The molecule has 0 saturated carbocycles. The average molecular weight is 642 g/mol. The van der Waals surface area contributed by atoms with Crippen LogP contribution in [0.3, 0.4) is 0 Å². The molecule has 2 aliphatic rings. The first-order valence-corrected chi connectivity index (χ1v) is 14.1. The lowest BCUT2D eigenvalue weighted by molar-refractivity contribution is -0.143. The number of allylic oxidation sites excluding steroid dienone is 1. The fourth-order valence-electron chi connectivity index (χ4n) is 6.38. The van der Waals surface area contributed by atoms with E-state index in [2.05, 4.69) is 0 Å². The Bertz CT molecular complexity index is 1500. The van der Waals surface area contributed by atoms with Crippen LogP contribution in [0.2, 0.25) is 0 Å². The molecule has 2 aromatic carbocycles. The molecule has 1 heterocycles. The molecule has 1 saturated heterocycles. The molecule has 0 radical (unpaired) electrons. The number of phenolic OH excluding ortho intramolecular Hbond substituents is 1. The highest BCUT2D eigenvalue weighted by Crippen LogP contribution is 2.48. The third-order valence-electron chi connectivity index (χ3n) is 8.50. The van der Waals surface area contributed by atoms with Crippen LogP contribution in [0.1, 0.15) is 54.0 Å². The van der Waals surface area contributed by atoms with Crippen LogP contribution in [0.25, 0.3) is 6.08 Å². The molecule has 4 rings (SSSR count). The van der Waals surface area contributed by atoms with Crippen LogP contribution in [0.4, 0.5) is 32.0 Å². The van der Waals surface area contributed by atoms with E-state index in [-0.39, 0.29) is 40.7 Å². The standard InChI is InChI=1S/C32H33F6NO6/c1-15(6-18-7-16(2)28(43)17(3)8-18)4-5-25(42)26-19(13-40)9-23-27(24(26)14-41)30(45)39(29(23)44)22-11-20(31(33,34)35)10-21(12-22)32(36,37)38/h6-8,10-12,23-25,27,40-43H,4-5,9,13-14H2,1-3H3/b15-6+/t23-,24+,25-,27-/m1/s1. The third kappa shape index (κ3) is 6.80. The number of alkyl halides is 6. The van der Waals surface area contributed by atoms with Gasteiger partial charge in [0.05, 0.1) is 48.0 Å². The van der Waals surface area contributed by atoms with E-state index in [4.69, 9.17) is 0 Å². The number of halogens is 6. The summed E-state index contributed by atoms with van der Waals surface area (Å²) in [4.78, 5) is 27.3. The molecular weight excluding hydrogens is 608 g/mol. The quantitative estimate of drug-likeness (QED) is 0.167. The van der Waals surface area contributed by atoms with E-state index in [1.807, 2.05) is 13.0 Å². The number of amides is 2. The molecule has 2 aromatic rings. The predicted molar refractivity (Wildman–Crippen MR) is 152 cm³/mol. The lowest BCUT2D eigenvalue weighted by Gasteiger charge is -2.36. The van der Waals surface area contributed by atoms with Gasteiger partial charge in [0.25, 0.3) is 0 Å². The van der Waals surface area contributed by atoms with Crippen LogP contribution in [-0.2, 0) is 21.9 Å². The van der Waals surface area contributed by atoms with Gasteiger partial charge in [-0.3, -0.25) is 9.59 Å². The fourth-order valence-corrected chi connectivity index (χ4v) is 6.38. The maximum Gasteiger partial charge on any atom is 0.416 e. The number of phenols is 1. The van der Waals surface area contributed by atoms with Crippen molar-refractivity contribution in [2.45, 2.75) is 58.5 Å². The van der Waals surface area contributed by atoms with Crippen molar-refractivity contribution in [2.75, 3.05) is 18.1 Å². The number of anilines is 1. The third-order valence-corrected chi connectivity index (χ3v) is 8.50. The summed E-state index contributed by atoms with van der Waals surface area (Å²) < 4.78 is 81.0. The Hall–Kier alpha value is -3.68. The number of imide groups is 1. The molecule has 4 N–H and O–H groups in total. The second-order valence-corrected chi connectivity index (χ2v) is 11.7. The van der Waals surface area contributed by atoms with Gasteiger partial charge in [-0.2, -0.15) is 26.3 Å². The molecule has 0 aromatic heterocycles. The van der Waals surface area contributed by atoms with Gasteiger partial charge in [-0.05, 0) is 98.2 Å². The van der Waals surface area contributed by atoms with Crippen LogP contribution >= 0.6 is 0 Å². The number of fused-ring (bicyclic) bond motifs is 1. The number of aliphatic hydroxyl groups is 3. The zero-order valence-electron chi connectivity index (χ0n) is 24.6. The van der Waals surface area contributed by atoms with Gasteiger partial charge < -0.3 is 20.4 Å². The summed E-state index contributed by atoms with van der Waals surface area (Å²) in [6.07, 6.45) is -9.72. The van der Waals surface area contributed by atoms with Gasteiger partial charge >= 0.3 is 12.4 Å². The van der Waals surface area contributed by atoms with Gasteiger partial charge in [0.1, 0.15) is 5.75 Å². The Kier molecular flexibility index (Phi) is 9.58. The predicted octanol–water partition coefficient (Wildman–Crippen LogP) is 5.70. The van der Waals surface area contributed by atoms with Crippen molar-refractivity contribution in [1.82, 2.24) is 0 Å². The van der Waals surface area contributed by atoms with Gasteiger partial charge in [0, 0.05) is 5.92 Å². The first-order chi connectivity index (χ1) is 20.9. The highest BCUT2D eigenvalue weighted by Gasteiger charge is 2.55. The fraction of sp³-hybridized carbons (Fsp3) is 0.438. The van der Waals surface area contributed by atoms with Crippen molar-refractivity contribution in [3.8, 4) is 5.75 Å². The number of hydrogen-bond acceptors (Lipinski definition) is 6. The summed E-state index contributed by atoms with van der Waals surface area (Å²) in [5.41, 5.74) is -1.02. The number of benzene rings is 2. The summed E-state index contributed by atoms with van der Waals surface area (Å²) in [6, 6.07) is 4.04. The number of carbonyl (C=O) groups excluding carboxylic acids is 2. The second-order valence-electron chi connectivity index (χ2n) is 11.7. The summed E-state index contributed by atoms with van der Waals surface area (Å²) >= 11 is 0. The SMILES string of the molecule is C/C(=C\c1cc(C)c(O)c(C)c1)CC[C@@H](O)C1=C(CO)C[C@H]2C(=O)N(c3cc(C(F)(F)F)cc(C(F)(F)F)c3)C(=O)[C@H]2[C@H]1CO. The zero-order chi connectivity index (χ0) is 33.6. The van der Waals surface area contributed by atoms with Crippen molar-refractivity contribution in [3.05, 3.63) is 74.9 Å². The first kappa shape index (κ1) is 34.2. The molecule has 7 nitrogen and oxygen atoms in total. The van der Waals surface area contributed by atoms with Crippen molar-refractivity contribution < 1.29 is 56.4 Å². The molecule has 13 heteroatoms. The molecule has 1 aliphatic heterocycles. The number of aliphatic hydroxyl groups excluding tert-OH is 3. The molecule has 0 bridgehead atoms. The summed E-state index contributed by atoms with van der Waals surface area (Å²) in [5, 5.41) is 41.7. The monoisotopic (exact) mass is 641 g/mol. The average Bonchev–Trinajstić information content (AvgIpc) is 3.21. The summed E-state index contributed by atoms with van der Waals surface area (Å²) in [5.74, 6) is -5.87. The van der Waals surface area contributed by atoms with Gasteiger partial charge in [0.2, 0.25) is 11.8 Å². The van der Waals surface area contributed by atoms with Crippen molar-refractivity contribution in [3.63, 3.8) is 0 Å². The molecular formula is C32H33F6NO6. The maximum atomic E-state index is 13.6. The topological polar surface area (TPSA) is 118 Å². The summed E-state index contributed by atoms with van der Waals surface area (Å²) in [6.45, 7) is 3.89. The number of nitrogens with zero attached hydrogens (tertiary/aromatic N) is 1. The van der Waals surface area contributed by atoms with Gasteiger partial charge in [-0.25, -0.2) is 4.90 Å². The van der Waals surface area contributed by atoms with E-state index < -0.39 is 78.1 Å². The molecule has 45 heavy (non-hydrogen) atoms. The largest absolute Gasteiger partial charge is 0.507 e. The number of hydrogen-bond donors (Lipinski definition) is 4. The van der Waals surface area contributed by atoms with Gasteiger partial charge in [0.15, 0.2) is 0 Å². The van der Waals surface area contributed by atoms with E-state index in [1.54, 1.807) is 26.0 Å². The van der Waals surface area contributed by atoms with E-state index in [0.29, 0.717) is 29.7 Å². The Balaban J connectivity index is 1.64.